The summed E-state index contributed by atoms with van der Waals surface area (Å²) in [6, 6.07) is 14.3. The zero-order valence-electron chi connectivity index (χ0n) is 16.0. The summed E-state index contributed by atoms with van der Waals surface area (Å²) in [6.07, 6.45) is 2.99. The number of nitrogens with one attached hydrogen (secondary N) is 2. The summed E-state index contributed by atoms with van der Waals surface area (Å²) >= 11 is 0. The molecule has 6 nitrogen and oxygen atoms in total. The number of aromatic nitrogens is 3. The van der Waals surface area contributed by atoms with E-state index >= 15 is 0 Å². The lowest BCUT2D eigenvalue weighted by molar-refractivity contribution is -0.122. The molecule has 2 aromatic heterocycles. The molecule has 4 rings (SSSR count). The maximum atomic E-state index is 13.5. The molecule has 2 heterocycles. The monoisotopic (exact) mass is 392 g/mol. The zero-order chi connectivity index (χ0) is 20.4. The van der Waals surface area contributed by atoms with Gasteiger partial charge in [-0.05, 0) is 43.5 Å². The third-order valence-electron chi connectivity index (χ3n) is 4.96. The van der Waals surface area contributed by atoms with Crippen LogP contribution in [0.1, 0.15) is 18.9 Å². The third-order valence-corrected chi connectivity index (χ3v) is 4.96. The first-order valence-corrected chi connectivity index (χ1v) is 9.51. The van der Waals surface area contributed by atoms with Crippen LogP contribution in [0, 0.1) is 5.82 Å². The van der Waals surface area contributed by atoms with Gasteiger partial charge in [-0.25, -0.2) is 9.37 Å². The van der Waals surface area contributed by atoms with Gasteiger partial charge in [0.15, 0.2) is 0 Å². The summed E-state index contributed by atoms with van der Waals surface area (Å²) in [7, 11) is 0. The first-order valence-electron chi connectivity index (χ1n) is 9.51. The second kappa shape index (κ2) is 7.87. The maximum absolute atomic E-state index is 13.5. The quantitative estimate of drug-likeness (QED) is 0.529. The van der Waals surface area contributed by atoms with E-state index in [2.05, 4.69) is 27.4 Å². The minimum atomic E-state index is -0.395. The highest BCUT2D eigenvalue weighted by atomic mass is 19.1. The van der Waals surface area contributed by atoms with Gasteiger partial charge in [0.2, 0.25) is 5.91 Å². The summed E-state index contributed by atoms with van der Waals surface area (Å²) in [6.45, 7) is 1.82. The van der Waals surface area contributed by atoms with Gasteiger partial charge in [-0.2, -0.15) is 0 Å². The van der Waals surface area contributed by atoms with Crippen molar-refractivity contribution in [1.29, 1.82) is 0 Å². The average molecular weight is 392 g/mol. The molecule has 0 bridgehead atoms. The number of halogens is 1. The standard InChI is InChI=1S/C22H21FN4O2/c1-14(7-8-15-5-3-2-4-6-15)25-19(28)12-27-13-24-20-17-11-16(23)9-10-18(17)26-21(20)22(27)29/h2-6,9-11,13-14,26H,7-8,12H2,1H3,(H,25,28)/t14-/m1/s1. The highest BCUT2D eigenvalue weighted by molar-refractivity contribution is 6.04. The molecule has 1 amide bonds. The zero-order valence-corrected chi connectivity index (χ0v) is 16.0. The Hall–Kier alpha value is -3.48. The number of carbonyl (C=O) groups excluding carboxylic acids is 1. The van der Waals surface area contributed by atoms with E-state index in [1.807, 2.05) is 25.1 Å². The number of nitrogens with zero attached hydrogens (tertiary/aromatic N) is 2. The summed E-state index contributed by atoms with van der Waals surface area (Å²) in [5, 5.41) is 3.47. The highest BCUT2D eigenvalue weighted by Gasteiger charge is 2.14. The van der Waals surface area contributed by atoms with Crippen LogP contribution in [0.15, 0.2) is 59.7 Å². The van der Waals surface area contributed by atoms with Crippen LogP contribution >= 0.6 is 0 Å². The van der Waals surface area contributed by atoms with Crippen molar-refractivity contribution in [3.63, 3.8) is 0 Å². The predicted molar refractivity (Wildman–Crippen MR) is 110 cm³/mol. The second-order valence-electron chi connectivity index (χ2n) is 7.21. The van der Waals surface area contributed by atoms with Crippen LogP contribution in [0.2, 0.25) is 0 Å². The van der Waals surface area contributed by atoms with Crippen molar-refractivity contribution in [3.8, 4) is 0 Å². The summed E-state index contributed by atoms with van der Waals surface area (Å²) < 4.78 is 14.8. The molecule has 4 aromatic rings. The van der Waals surface area contributed by atoms with Gasteiger partial charge < -0.3 is 10.3 Å². The molecule has 0 saturated carbocycles. The Balaban J connectivity index is 1.46. The van der Waals surface area contributed by atoms with Crippen molar-refractivity contribution in [2.24, 2.45) is 0 Å². The van der Waals surface area contributed by atoms with Crippen LogP contribution in [0.4, 0.5) is 4.39 Å². The van der Waals surface area contributed by atoms with Crippen molar-refractivity contribution in [2.45, 2.75) is 32.4 Å². The van der Waals surface area contributed by atoms with Crippen LogP contribution in [0.25, 0.3) is 21.9 Å². The molecule has 0 spiro atoms. The van der Waals surface area contributed by atoms with Crippen molar-refractivity contribution in [1.82, 2.24) is 19.9 Å². The van der Waals surface area contributed by atoms with Gasteiger partial charge in [0.05, 0.1) is 6.33 Å². The minimum Gasteiger partial charge on any atom is -0.352 e. The molecular formula is C22H21FN4O2. The van der Waals surface area contributed by atoms with Crippen LogP contribution in [-0.2, 0) is 17.8 Å². The largest absolute Gasteiger partial charge is 0.352 e. The van der Waals surface area contributed by atoms with Gasteiger partial charge in [0.25, 0.3) is 5.56 Å². The Morgan fingerprint density at radius 2 is 2.03 bits per heavy atom. The average Bonchev–Trinajstić information content (AvgIpc) is 3.08. The van der Waals surface area contributed by atoms with Crippen molar-refractivity contribution in [3.05, 3.63) is 76.6 Å². The molecule has 1 atom stereocenters. The van der Waals surface area contributed by atoms with Crippen LogP contribution in [-0.4, -0.2) is 26.5 Å². The van der Waals surface area contributed by atoms with Crippen LogP contribution in [0.5, 0.6) is 0 Å². The molecule has 0 aliphatic rings. The molecule has 0 aliphatic heterocycles. The van der Waals surface area contributed by atoms with E-state index in [1.165, 1.54) is 28.6 Å². The number of benzene rings is 2. The molecule has 0 aliphatic carbocycles. The second-order valence-corrected chi connectivity index (χ2v) is 7.21. The normalized spacial score (nSPS) is 12.3. The Labute approximate surface area is 166 Å². The molecule has 7 heteroatoms. The van der Waals surface area contributed by atoms with E-state index in [1.54, 1.807) is 6.07 Å². The number of fused-ring (bicyclic) bond motifs is 3. The lowest BCUT2D eigenvalue weighted by atomic mass is 10.1. The van der Waals surface area contributed by atoms with E-state index in [0.29, 0.717) is 16.4 Å². The molecule has 2 aromatic carbocycles. The molecule has 29 heavy (non-hydrogen) atoms. The number of amides is 1. The van der Waals surface area contributed by atoms with E-state index in [-0.39, 0.29) is 29.6 Å². The lowest BCUT2D eigenvalue weighted by Gasteiger charge is -2.14. The molecule has 0 fully saturated rings. The molecule has 2 N–H and O–H groups in total. The van der Waals surface area contributed by atoms with Crippen molar-refractivity contribution < 1.29 is 9.18 Å². The number of aryl methyl sites for hydroxylation is 1. The Bertz CT molecular complexity index is 1230. The third kappa shape index (κ3) is 4.03. The topological polar surface area (TPSA) is 79.8 Å². The van der Waals surface area contributed by atoms with Gasteiger partial charge in [-0.3, -0.25) is 14.2 Å². The molecule has 0 radical (unpaired) electrons. The van der Waals surface area contributed by atoms with E-state index in [0.717, 1.165) is 12.8 Å². The van der Waals surface area contributed by atoms with Gasteiger partial charge in [-0.1, -0.05) is 30.3 Å². The molecule has 0 unspecified atom stereocenters. The Kier molecular flexibility index (Phi) is 5.12. The highest BCUT2D eigenvalue weighted by Crippen LogP contribution is 2.22. The summed E-state index contributed by atoms with van der Waals surface area (Å²) in [5.74, 6) is -0.649. The molecule has 0 saturated heterocycles. The van der Waals surface area contributed by atoms with Gasteiger partial charge in [0, 0.05) is 16.9 Å². The lowest BCUT2D eigenvalue weighted by Crippen LogP contribution is -2.37. The number of rotatable bonds is 6. The maximum Gasteiger partial charge on any atom is 0.278 e. The fourth-order valence-corrected chi connectivity index (χ4v) is 3.45. The smallest absolute Gasteiger partial charge is 0.278 e. The van der Waals surface area contributed by atoms with E-state index < -0.39 is 5.82 Å². The minimum absolute atomic E-state index is 0.0221. The van der Waals surface area contributed by atoms with E-state index in [9.17, 15) is 14.0 Å². The van der Waals surface area contributed by atoms with Crippen LogP contribution in [0.3, 0.4) is 0 Å². The first-order chi connectivity index (χ1) is 14.0. The van der Waals surface area contributed by atoms with Crippen molar-refractivity contribution in [2.75, 3.05) is 0 Å². The van der Waals surface area contributed by atoms with Crippen molar-refractivity contribution >= 4 is 27.8 Å². The van der Waals surface area contributed by atoms with Gasteiger partial charge in [0.1, 0.15) is 23.4 Å². The molecular weight excluding hydrogens is 371 g/mol. The van der Waals surface area contributed by atoms with Crippen LogP contribution < -0.4 is 10.9 Å². The predicted octanol–water partition coefficient (Wildman–Crippen LogP) is 3.15. The number of aromatic amines is 1. The number of H-pyrrole nitrogens is 1. The Morgan fingerprint density at radius 1 is 1.24 bits per heavy atom. The Morgan fingerprint density at radius 3 is 2.83 bits per heavy atom. The molecule has 148 valence electrons. The number of hydrogen-bond donors (Lipinski definition) is 2. The number of hydrogen-bond acceptors (Lipinski definition) is 3. The fourth-order valence-electron chi connectivity index (χ4n) is 3.45. The summed E-state index contributed by atoms with van der Waals surface area (Å²) in [5.41, 5.74) is 2.14. The fraction of sp³-hybridized carbons (Fsp3) is 0.227. The first kappa shape index (κ1) is 18.9. The van der Waals surface area contributed by atoms with Gasteiger partial charge >= 0.3 is 0 Å². The van der Waals surface area contributed by atoms with Gasteiger partial charge in [-0.15, -0.1) is 0 Å². The summed E-state index contributed by atoms with van der Waals surface area (Å²) in [4.78, 5) is 32.4. The number of carbonyl (C=O) groups is 1. The van der Waals surface area contributed by atoms with E-state index in [4.69, 9.17) is 0 Å². The SMILES string of the molecule is C[C@H](CCc1ccccc1)NC(=O)Cn1cnc2c([nH]c3ccc(F)cc32)c1=O.